The van der Waals surface area contributed by atoms with Gasteiger partial charge in [0.15, 0.2) is 9.34 Å². The first kappa shape index (κ1) is 14.0. The van der Waals surface area contributed by atoms with Crippen LogP contribution < -0.4 is 15.3 Å². The first-order valence-electron chi connectivity index (χ1n) is 5.74. The topological polar surface area (TPSA) is 118 Å². The molecule has 0 bridgehead atoms. The van der Waals surface area contributed by atoms with Gasteiger partial charge in [-0.05, 0) is 25.1 Å². The number of nitrogens with two attached hydrogens (primary N) is 1. The van der Waals surface area contributed by atoms with Crippen LogP contribution in [0.2, 0.25) is 0 Å². The fourth-order valence-electron chi connectivity index (χ4n) is 1.79. The minimum Gasteiger partial charge on any atom is -0.399 e. The summed E-state index contributed by atoms with van der Waals surface area (Å²) < 4.78 is 27.7. The van der Waals surface area contributed by atoms with E-state index in [0.717, 1.165) is 4.70 Å². The van der Waals surface area contributed by atoms with Crippen LogP contribution in [0.1, 0.15) is 5.69 Å². The number of H-pyrrole nitrogens is 1. The van der Waals surface area contributed by atoms with E-state index in [1.165, 1.54) is 18.3 Å². The summed E-state index contributed by atoms with van der Waals surface area (Å²) in [7, 11) is -3.83. The normalized spacial score (nSPS) is 11.9. The molecule has 0 aliphatic carbocycles. The summed E-state index contributed by atoms with van der Waals surface area (Å²) in [5, 5.41) is 0.232. The predicted octanol–water partition coefficient (Wildman–Crippen LogP) is 1.74. The van der Waals surface area contributed by atoms with Gasteiger partial charge in [0.25, 0.3) is 10.0 Å². The molecule has 0 aliphatic heterocycles. The molecule has 0 unspecified atom stereocenters. The van der Waals surface area contributed by atoms with Crippen LogP contribution in [0.15, 0.2) is 27.2 Å². The van der Waals surface area contributed by atoms with Crippen molar-refractivity contribution < 1.29 is 8.42 Å². The summed E-state index contributed by atoms with van der Waals surface area (Å²) in [6.07, 6.45) is 0. The zero-order chi connectivity index (χ0) is 15.2. The minimum absolute atomic E-state index is 0.0359. The number of thiazole rings is 2. The van der Waals surface area contributed by atoms with Crippen molar-refractivity contribution >= 4 is 53.7 Å². The van der Waals surface area contributed by atoms with Crippen molar-refractivity contribution in [2.75, 3.05) is 10.5 Å². The molecule has 0 saturated heterocycles. The van der Waals surface area contributed by atoms with Gasteiger partial charge in [-0.3, -0.25) is 9.52 Å². The lowest BCUT2D eigenvalue weighted by Gasteiger charge is -2.02. The van der Waals surface area contributed by atoms with E-state index in [-0.39, 0.29) is 9.34 Å². The Morgan fingerprint density at radius 2 is 2.10 bits per heavy atom. The van der Waals surface area contributed by atoms with Gasteiger partial charge in [0.05, 0.1) is 10.2 Å². The van der Waals surface area contributed by atoms with Crippen molar-refractivity contribution in [1.29, 1.82) is 0 Å². The second kappa shape index (κ2) is 4.83. The van der Waals surface area contributed by atoms with Gasteiger partial charge >= 0.3 is 4.87 Å². The number of nitrogens with zero attached hydrogens (tertiary/aromatic N) is 1. The monoisotopic (exact) mass is 342 g/mol. The lowest BCUT2D eigenvalue weighted by Crippen LogP contribution is -2.12. The first-order valence-corrected chi connectivity index (χ1v) is 8.85. The quantitative estimate of drug-likeness (QED) is 0.627. The van der Waals surface area contributed by atoms with Gasteiger partial charge in [-0.25, -0.2) is 13.4 Å². The van der Waals surface area contributed by atoms with E-state index in [2.05, 4.69) is 14.7 Å². The van der Waals surface area contributed by atoms with Gasteiger partial charge in [0.2, 0.25) is 0 Å². The molecule has 0 spiro atoms. The first-order chi connectivity index (χ1) is 9.85. The number of hydrogen-bond acceptors (Lipinski definition) is 7. The highest BCUT2D eigenvalue weighted by Crippen LogP contribution is 2.29. The van der Waals surface area contributed by atoms with Crippen molar-refractivity contribution in [2.45, 2.75) is 11.1 Å². The molecule has 10 heteroatoms. The maximum Gasteiger partial charge on any atom is 0.306 e. The molecule has 7 nitrogen and oxygen atoms in total. The summed E-state index contributed by atoms with van der Waals surface area (Å²) in [5.41, 5.74) is 7.23. The largest absolute Gasteiger partial charge is 0.399 e. The number of nitrogens with one attached hydrogen (secondary N) is 2. The number of nitrogen functional groups attached to an aromatic ring is 1. The van der Waals surface area contributed by atoms with Crippen LogP contribution in [0, 0.1) is 6.92 Å². The van der Waals surface area contributed by atoms with Crippen LogP contribution in [-0.2, 0) is 10.0 Å². The SMILES string of the molecule is Cc1[nH]c(=O)sc1S(=O)(=O)Nc1nc2ccc(N)cc2s1. The van der Waals surface area contributed by atoms with E-state index >= 15 is 0 Å². The summed E-state index contributed by atoms with van der Waals surface area (Å²) in [5.74, 6) is 0. The molecular weight excluding hydrogens is 332 g/mol. The Hall–Kier alpha value is -1.91. The van der Waals surface area contributed by atoms with Crippen molar-refractivity contribution in [2.24, 2.45) is 0 Å². The number of fused-ring (bicyclic) bond motifs is 1. The molecule has 110 valence electrons. The molecule has 3 rings (SSSR count). The Balaban J connectivity index is 2.01. The number of rotatable bonds is 3. The van der Waals surface area contributed by atoms with Gasteiger partial charge in [0, 0.05) is 11.4 Å². The van der Waals surface area contributed by atoms with Crippen molar-refractivity contribution in [3.05, 3.63) is 33.6 Å². The molecule has 3 aromatic rings. The molecule has 0 saturated carbocycles. The lowest BCUT2D eigenvalue weighted by molar-refractivity contribution is 0.602. The highest BCUT2D eigenvalue weighted by molar-refractivity contribution is 7.94. The highest BCUT2D eigenvalue weighted by atomic mass is 32.2. The van der Waals surface area contributed by atoms with E-state index in [9.17, 15) is 13.2 Å². The fraction of sp³-hybridized carbons (Fsp3) is 0.0909. The third-order valence-corrected chi connectivity index (χ3v) is 6.67. The van der Waals surface area contributed by atoms with Crippen LogP contribution in [-0.4, -0.2) is 18.4 Å². The Morgan fingerprint density at radius 1 is 1.33 bits per heavy atom. The molecule has 2 aromatic heterocycles. The zero-order valence-corrected chi connectivity index (χ0v) is 13.2. The average molecular weight is 342 g/mol. The second-order valence-corrected chi connectivity index (χ2v) is 8.17. The van der Waals surface area contributed by atoms with Gasteiger partial charge in [-0.2, -0.15) is 0 Å². The molecule has 0 aliphatic rings. The van der Waals surface area contributed by atoms with Crippen molar-refractivity contribution in [3.8, 4) is 0 Å². The molecule has 4 N–H and O–H groups in total. The molecule has 0 fully saturated rings. The summed E-state index contributed by atoms with van der Waals surface area (Å²) in [6, 6.07) is 5.14. The third-order valence-electron chi connectivity index (χ3n) is 2.66. The van der Waals surface area contributed by atoms with Crippen LogP contribution in [0.3, 0.4) is 0 Å². The van der Waals surface area contributed by atoms with Crippen LogP contribution >= 0.6 is 22.7 Å². The molecular formula is C11H10N4O3S3. The summed E-state index contributed by atoms with van der Waals surface area (Å²) in [6.45, 7) is 1.53. The second-order valence-electron chi connectivity index (χ2n) is 4.28. The maximum atomic E-state index is 12.3. The third kappa shape index (κ3) is 2.64. The maximum absolute atomic E-state index is 12.3. The van der Waals surface area contributed by atoms with Crippen LogP contribution in [0.4, 0.5) is 10.8 Å². The Kier molecular flexibility index (Phi) is 3.23. The van der Waals surface area contributed by atoms with E-state index in [1.54, 1.807) is 18.2 Å². The average Bonchev–Trinajstić information content (AvgIpc) is 2.91. The van der Waals surface area contributed by atoms with Gasteiger partial charge in [-0.1, -0.05) is 22.7 Å². The molecule has 0 atom stereocenters. The van der Waals surface area contributed by atoms with E-state index < -0.39 is 14.9 Å². The number of aromatic amines is 1. The lowest BCUT2D eigenvalue weighted by atomic mass is 10.3. The molecule has 1 aromatic carbocycles. The molecule has 0 radical (unpaired) electrons. The fourth-order valence-corrected chi connectivity index (χ4v) is 5.24. The van der Waals surface area contributed by atoms with Gasteiger partial charge < -0.3 is 10.7 Å². The van der Waals surface area contributed by atoms with Crippen molar-refractivity contribution in [1.82, 2.24) is 9.97 Å². The number of aryl methyl sites for hydroxylation is 1. The number of anilines is 2. The zero-order valence-electron chi connectivity index (χ0n) is 10.7. The number of aromatic nitrogens is 2. The van der Waals surface area contributed by atoms with Gasteiger partial charge in [-0.15, -0.1) is 0 Å². The standard InChI is InChI=1S/C11H10N4O3S3/c1-5-9(20-11(16)13-5)21(17,18)15-10-14-7-3-2-6(12)4-8(7)19-10/h2-4H,12H2,1H3,(H,13,16)(H,14,15). The van der Waals surface area contributed by atoms with E-state index in [4.69, 9.17) is 5.73 Å². The number of sulfonamides is 1. The Morgan fingerprint density at radius 3 is 2.76 bits per heavy atom. The van der Waals surface area contributed by atoms with E-state index in [1.807, 2.05) is 0 Å². The highest BCUT2D eigenvalue weighted by Gasteiger charge is 2.22. The van der Waals surface area contributed by atoms with Crippen LogP contribution in [0.5, 0.6) is 0 Å². The van der Waals surface area contributed by atoms with E-state index in [0.29, 0.717) is 28.2 Å². The van der Waals surface area contributed by atoms with Gasteiger partial charge in [0.1, 0.15) is 0 Å². The molecule has 0 amide bonds. The Labute approximate surface area is 127 Å². The smallest absolute Gasteiger partial charge is 0.306 e. The minimum atomic E-state index is -3.83. The summed E-state index contributed by atoms with van der Waals surface area (Å²) in [4.78, 5) is 17.5. The molecule has 2 heterocycles. The number of benzene rings is 1. The predicted molar refractivity (Wildman–Crippen MR) is 84.5 cm³/mol. The number of hydrogen-bond donors (Lipinski definition) is 3. The summed E-state index contributed by atoms with van der Waals surface area (Å²) >= 11 is 1.83. The molecule has 21 heavy (non-hydrogen) atoms. The van der Waals surface area contributed by atoms with Crippen LogP contribution in [0.25, 0.3) is 10.2 Å². The van der Waals surface area contributed by atoms with Crippen molar-refractivity contribution in [3.63, 3.8) is 0 Å². The Bertz CT molecular complexity index is 984.